The van der Waals surface area contributed by atoms with E-state index < -0.39 is 0 Å². The predicted octanol–water partition coefficient (Wildman–Crippen LogP) is 1.59. The number of benzene rings is 1. The Bertz CT molecular complexity index is 899. The first-order valence-electron chi connectivity index (χ1n) is 7.98. The molecule has 0 fully saturated rings. The normalized spacial score (nSPS) is 11.2. The van der Waals surface area contributed by atoms with Gasteiger partial charge in [-0.2, -0.15) is 4.68 Å². The molecule has 2 heterocycles. The highest BCUT2D eigenvalue weighted by Crippen LogP contribution is 2.19. The maximum Gasteiger partial charge on any atom is 0.297 e. The molecule has 25 heavy (non-hydrogen) atoms. The minimum absolute atomic E-state index is 0.162. The van der Waals surface area contributed by atoms with Crippen LogP contribution in [-0.4, -0.2) is 48.5 Å². The fourth-order valence-electron chi connectivity index (χ4n) is 2.54. The van der Waals surface area contributed by atoms with Gasteiger partial charge in [-0.05, 0) is 36.4 Å². The van der Waals surface area contributed by atoms with Crippen LogP contribution < -0.4 is 5.56 Å². The van der Waals surface area contributed by atoms with Crippen LogP contribution >= 0.6 is 11.8 Å². The summed E-state index contributed by atoms with van der Waals surface area (Å²) in [4.78, 5) is 13.0. The number of rotatable bonds is 7. The predicted molar refractivity (Wildman–Crippen MR) is 95.7 cm³/mol. The molecule has 1 aromatic carbocycles. The summed E-state index contributed by atoms with van der Waals surface area (Å²) in [7, 11) is 1.85. The van der Waals surface area contributed by atoms with E-state index in [0.717, 1.165) is 11.4 Å². The monoisotopic (exact) mass is 360 g/mol. The zero-order valence-corrected chi connectivity index (χ0v) is 15.2. The highest BCUT2D eigenvalue weighted by molar-refractivity contribution is 7.99. The SMILES string of the molecule is CCOCCSc1nnnn1-c1c(C)n(C)n(-c2ccccc2)c1=O. The Morgan fingerprint density at radius 2 is 2.00 bits per heavy atom. The summed E-state index contributed by atoms with van der Waals surface area (Å²) in [5.41, 5.74) is 1.87. The molecule has 8 nitrogen and oxygen atoms in total. The van der Waals surface area contributed by atoms with Gasteiger partial charge in [0.05, 0.1) is 18.0 Å². The first-order chi connectivity index (χ1) is 12.1. The molecule has 0 unspecified atom stereocenters. The van der Waals surface area contributed by atoms with Gasteiger partial charge in [0.25, 0.3) is 5.56 Å². The smallest absolute Gasteiger partial charge is 0.297 e. The van der Waals surface area contributed by atoms with Crippen molar-refractivity contribution in [2.75, 3.05) is 19.0 Å². The molecule has 9 heteroatoms. The summed E-state index contributed by atoms with van der Waals surface area (Å²) in [5, 5.41) is 12.4. The zero-order valence-electron chi connectivity index (χ0n) is 14.4. The molecule has 0 atom stereocenters. The molecule has 0 bridgehead atoms. The summed E-state index contributed by atoms with van der Waals surface area (Å²) in [6, 6.07) is 9.50. The summed E-state index contributed by atoms with van der Waals surface area (Å²) in [6.45, 7) is 5.11. The Morgan fingerprint density at radius 3 is 2.72 bits per heavy atom. The maximum atomic E-state index is 13.0. The van der Waals surface area contributed by atoms with Crippen LogP contribution in [0.4, 0.5) is 0 Å². The van der Waals surface area contributed by atoms with Crippen molar-refractivity contribution in [1.29, 1.82) is 0 Å². The molecule has 2 aromatic heterocycles. The van der Waals surface area contributed by atoms with E-state index in [1.807, 2.05) is 55.9 Å². The molecule has 0 spiro atoms. The van der Waals surface area contributed by atoms with Gasteiger partial charge in [-0.3, -0.25) is 9.48 Å². The van der Waals surface area contributed by atoms with Crippen molar-refractivity contribution in [3.63, 3.8) is 0 Å². The molecule has 3 rings (SSSR count). The Hall–Kier alpha value is -2.39. The second-order valence-corrected chi connectivity index (χ2v) is 6.39. The molecule has 0 aliphatic heterocycles. The number of nitrogens with zero attached hydrogens (tertiary/aromatic N) is 6. The second kappa shape index (κ2) is 7.66. The van der Waals surface area contributed by atoms with Gasteiger partial charge in [0, 0.05) is 19.4 Å². The van der Waals surface area contributed by atoms with Crippen molar-refractivity contribution >= 4 is 11.8 Å². The fraction of sp³-hybridized carbons (Fsp3) is 0.375. The van der Waals surface area contributed by atoms with Crippen molar-refractivity contribution < 1.29 is 4.74 Å². The van der Waals surface area contributed by atoms with E-state index in [-0.39, 0.29) is 5.56 Å². The molecular formula is C16H20N6O2S. The standard InChI is InChI=1S/C16H20N6O2S/c1-4-24-10-11-25-16-17-18-19-21(16)14-12(2)20(3)22(15(14)23)13-8-6-5-7-9-13/h5-9H,4,10-11H2,1-3H3. The average Bonchev–Trinajstić information content (AvgIpc) is 3.15. The van der Waals surface area contributed by atoms with E-state index in [0.29, 0.717) is 29.8 Å². The van der Waals surface area contributed by atoms with Gasteiger partial charge < -0.3 is 4.74 Å². The largest absolute Gasteiger partial charge is 0.381 e. The van der Waals surface area contributed by atoms with E-state index in [9.17, 15) is 4.79 Å². The van der Waals surface area contributed by atoms with Crippen molar-refractivity contribution in [2.45, 2.75) is 19.0 Å². The molecule has 132 valence electrons. The second-order valence-electron chi connectivity index (χ2n) is 5.33. The third kappa shape index (κ3) is 3.38. The van der Waals surface area contributed by atoms with Gasteiger partial charge in [-0.1, -0.05) is 30.0 Å². The minimum Gasteiger partial charge on any atom is -0.381 e. The molecule has 0 saturated heterocycles. The molecule has 0 amide bonds. The van der Waals surface area contributed by atoms with Crippen LogP contribution in [0.1, 0.15) is 12.6 Å². The Labute approximate surface area is 149 Å². The highest BCUT2D eigenvalue weighted by atomic mass is 32.2. The van der Waals surface area contributed by atoms with E-state index in [2.05, 4.69) is 15.5 Å². The topological polar surface area (TPSA) is 79.8 Å². The Balaban J connectivity index is 2.00. The summed E-state index contributed by atoms with van der Waals surface area (Å²) >= 11 is 1.46. The van der Waals surface area contributed by atoms with Crippen LogP contribution in [0, 0.1) is 6.92 Å². The van der Waals surface area contributed by atoms with Crippen molar-refractivity contribution in [2.24, 2.45) is 7.05 Å². The molecule has 0 aliphatic rings. The van der Waals surface area contributed by atoms with Crippen molar-refractivity contribution in [3.05, 3.63) is 46.4 Å². The lowest BCUT2D eigenvalue weighted by Gasteiger charge is -2.07. The summed E-state index contributed by atoms with van der Waals surface area (Å²) in [6.07, 6.45) is 0. The van der Waals surface area contributed by atoms with Gasteiger partial charge in [-0.25, -0.2) is 4.68 Å². The quantitative estimate of drug-likeness (QED) is 0.470. The van der Waals surface area contributed by atoms with Gasteiger partial charge in [0.15, 0.2) is 5.69 Å². The lowest BCUT2D eigenvalue weighted by atomic mass is 10.3. The molecule has 0 saturated carbocycles. The van der Waals surface area contributed by atoms with E-state index in [1.165, 1.54) is 16.4 Å². The molecular weight excluding hydrogens is 340 g/mol. The van der Waals surface area contributed by atoms with Crippen LogP contribution in [-0.2, 0) is 11.8 Å². The Kier molecular flexibility index (Phi) is 5.34. The van der Waals surface area contributed by atoms with Gasteiger partial charge >= 0.3 is 0 Å². The number of hydrogen-bond acceptors (Lipinski definition) is 6. The van der Waals surface area contributed by atoms with Crippen LogP contribution in [0.2, 0.25) is 0 Å². The number of para-hydroxylation sites is 1. The lowest BCUT2D eigenvalue weighted by molar-refractivity contribution is 0.164. The molecule has 0 N–H and O–H groups in total. The van der Waals surface area contributed by atoms with Crippen LogP contribution in [0.5, 0.6) is 0 Å². The highest BCUT2D eigenvalue weighted by Gasteiger charge is 2.21. The van der Waals surface area contributed by atoms with Gasteiger partial charge in [-0.15, -0.1) is 5.10 Å². The Morgan fingerprint density at radius 1 is 1.24 bits per heavy atom. The molecule has 0 aliphatic carbocycles. The third-order valence-electron chi connectivity index (χ3n) is 3.84. The van der Waals surface area contributed by atoms with Crippen LogP contribution in [0.25, 0.3) is 11.4 Å². The maximum absolute atomic E-state index is 13.0. The van der Waals surface area contributed by atoms with Crippen LogP contribution in [0.3, 0.4) is 0 Å². The third-order valence-corrected chi connectivity index (χ3v) is 4.72. The number of ether oxygens (including phenoxy) is 1. The summed E-state index contributed by atoms with van der Waals surface area (Å²) < 4.78 is 10.3. The summed E-state index contributed by atoms with van der Waals surface area (Å²) in [5.74, 6) is 0.715. The van der Waals surface area contributed by atoms with E-state index in [1.54, 1.807) is 4.68 Å². The minimum atomic E-state index is -0.162. The number of aromatic nitrogens is 6. The van der Waals surface area contributed by atoms with Crippen molar-refractivity contribution in [1.82, 2.24) is 29.6 Å². The number of thioether (sulfide) groups is 1. The van der Waals surface area contributed by atoms with Crippen LogP contribution in [0.15, 0.2) is 40.3 Å². The van der Waals surface area contributed by atoms with Gasteiger partial charge in [0.2, 0.25) is 5.16 Å². The van der Waals surface area contributed by atoms with Gasteiger partial charge in [0.1, 0.15) is 0 Å². The average molecular weight is 360 g/mol. The first kappa shape index (κ1) is 17.4. The zero-order chi connectivity index (χ0) is 17.8. The fourth-order valence-corrected chi connectivity index (χ4v) is 3.27. The first-order valence-corrected chi connectivity index (χ1v) is 8.97. The van der Waals surface area contributed by atoms with E-state index in [4.69, 9.17) is 4.74 Å². The van der Waals surface area contributed by atoms with Crippen molar-refractivity contribution in [3.8, 4) is 11.4 Å². The molecule has 0 radical (unpaired) electrons. The van der Waals surface area contributed by atoms with E-state index >= 15 is 0 Å². The number of tetrazole rings is 1. The number of hydrogen-bond donors (Lipinski definition) is 0. The lowest BCUT2D eigenvalue weighted by Crippen LogP contribution is -2.22. The molecule has 3 aromatic rings.